The molecule has 0 N–H and O–H groups in total. The Hall–Kier alpha value is -0.340. The summed E-state index contributed by atoms with van der Waals surface area (Å²) in [5, 5.41) is 4.24. The molecule has 0 bridgehead atoms. The van der Waals surface area contributed by atoms with E-state index in [-0.39, 0.29) is 0 Å². The van der Waals surface area contributed by atoms with E-state index in [0.717, 1.165) is 6.54 Å². The van der Waals surface area contributed by atoms with Crippen LogP contribution in [0, 0.1) is 0 Å². The van der Waals surface area contributed by atoms with Gasteiger partial charge in [0.1, 0.15) is 0 Å². The van der Waals surface area contributed by atoms with E-state index in [4.69, 9.17) is 0 Å². The van der Waals surface area contributed by atoms with Gasteiger partial charge in [-0.25, -0.2) is 10.0 Å². The van der Waals surface area contributed by atoms with Gasteiger partial charge in [0.2, 0.25) is 0 Å². The Kier molecular flexibility index (Phi) is 4.32. The van der Waals surface area contributed by atoms with Gasteiger partial charge in [-0.2, -0.15) is 0 Å². The summed E-state index contributed by atoms with van der Waals surface area (Å²) in [5.74, 6) is 0. The molecule has 60 valence electrons. The van der Waals surface area contributed by atoms with Gasteiger partial charge in [0.15, 0.2) is 0 Å². The Balaban J connectivity index is 3.68. The third-order valence-electron chi connectivity index (χ3n) is 1.65. The van der Waals surface area contributed by atoms with Gasteiger partial charge in [-0.1, -0.05) is 11.6 Å². The van der Waals surface area contributed by atoms with E-state index < -0.39 is 0 Å². The van der Waals surface area contributed by atoms with Crippen LogP contribution >= 0.6 is 0 Å². The Morgan fingerprint density at radius 3 is 2.10 bits per heavy atom. The van der Waals surface area contributed by atoms with E-state index in [9.17, 15) is 0 Å². The summed E-state index contributed by atoms with van der Waals surface area (Å²) in [6, 6.07) is 0. The molecule has 0 aromatic heterocycles. The van der Waals surface area contributed by atoms with Crippen LogP contribution in [-0.4, -0.2) is 37.7 Å². The lowest BCUT2D eigenvalue weighted by molar-refractivity contribution is 0.0674. The molecule has 10 heavy (non-hydrogen) atoms. The van der Waals surface area contributed by atoms with Gasteiger partial charge >= 0.3 is 0 Å². The van der Waals surface area contributed by atoms with Crippen molar-refractivity contribution in [3.8, 4) is 0 Å². The molecule has 0 atom stereocenters. The van der Waals surface area contributed by atoms with E-state index >= 15 is 0 Å². The minimum atomic E-state index is 1.02. The van der Waals surface area contributed by atoms with Crippen LogP contribution in [0.2, 0.25) is 0 Å². The summed E-state index contributed by atoms with van der Waals surface area (Å²) in [4.78, 5) is 0. The van der Waals surface area contributed by atoms with Crippen molar-refractivity contribution < 1.29 is 0 Å². The molecule has 0 aromatic rings. The third kappa shape index (κ3) is 3.64. The normalized spacial score (nSPS) is 13.3. The monoisotopic (exact) mass is 142 g/mol. The Bertz CT molecular complexity index is 116. The molecule has 0 amide bonds. The van der Waals surface area contributed by atoms with E-state index in [1.807, 2.05) is 14.1 Å². The minimum Gasteiger partial charge on any atom is -0.248 e. The van der Waals surface area contributed by atoms with Gasteiger partial charge in [-0.05, 0) is 13.8 Å². The highest BCUT2D eigenvalue weighted by Crippen LogP contribution is 1.95. The number of likely N-dealkylation sites (N-methyl/N-ethyl adjacent to an activating group) is 1. The van der Waals surface area contributed by atoms with Crippen molar-refractivity contribution in [2.75, 3.05) is 27.7 Å². The number of allylic oxidation sites excluding steroid dienone is 1. The molecule has 0 aromatic carbocycles. The zero-order valence-electron chi connectivity index (χ0n) is 7.68. The maximum absolute atomic E-state index is 2.16. The van der Waals surface area contributed by atoms with Gasteiger partial charge < -0.3 is 0 Å². The highest BCUT2D eigenvalue weighted by Gasteiger charge is 1.98. The quantitative estimate of drug-likeness (QED) is 0.433. The maximum Gasteiger partial charge on any atom is 0.0337 e. The first-order valence-electron chi connectivity index (χ1n) is 3.58. The number of hydrogen-bond donors (Lipinski definition) is 0. The minimum absolute atomic E-state index is 1.02. The van der Waals surface area contributed by atoms with Crippen molar-refractivity contribution in [2.45, 2.75) is 13.8 Å². The number of rotatable bonds is 3. The molecule has 0 spiro atoms. The molecular formula is C8H18N2. The van der Waals surface area contributed by atoms with Crippen LogP contribution in [-0.2, 0) is 0 Å². The van der Waals surface area contributed by atoms with E-state index in [2.05, 4.69) is 37.0 Å². The number of hydrazine groups is 1. The summed E-state index contributed by atoms with van der Waals surface area (Å²) in [6.45, 7) is 5.22. The Morgan fingerprint density at radius 2 is 1.80 bits per heavy atom. The van der Waals surface area contributed by atoms with E-state index in [0.29, 0.717) is 0 Å². The molecule has 0 unspecified atom stereocenters. The molecule has 0 saturated carbocycles. The molecule has 2 heteroatoms. The van der Waals surface area contributed by atoms with Crippen molar-refractivity contribution in [1.82, 2.24) is 10.0 Å². The number of nitrogens with zero attached hydrogens (tertiary/aromatic N) is 2. The van der Waals surface area contributed by atoms with Gasteiger partial charge in [-0.3, -0.25) is 0 Å². The average Bonchev–Trinajstić information content (AvgIpc) is 1.87. The summed E-state index contributed by atoms with van der Waals surface area (Å²) in [7, 11) is 6.17. The van der Waals surface area contributed by atoms with Crippen molar-refractivity contribution >= 4 is 0 Å². The predicted octanol–water partition coefficient (Wildman–Crippen LogP) is 1.36. The maximum atomic E-state index is 2.16. The smallest absolute Gasteiger partial charge is 0.0337 e. The molecule has 0 saturated heterocycles. The largest absolute Gasteiger partial charge is 0.248 e. The summed E-state index contributed by atoms with van der Waals surface area (Å²) in [6.07, 6.45) is 2.14. The molecule has 0 aliphatic carbocycles. The lowest BCUT2D eigenvalue weighted by atomic mass is 10.3. The fourth-order valence-corrected chi connectivity index (χ4v) is 0.594. The zero-order chi connectivity index (χ0) is 8.15. The SMILES string of the molecule is CC=C(C)CN(C)N(C)C. The molecule has 2 nitrogen and oxygen atoms in total. The van der Waals surface area contributed by atoms with Gasteiger partial charge in [0.25, 0.3) is 0 Å². The lowest BCUT2D eigenvalue weighted by Gasteiger charge is -2.24. The fraction of sp³-hybridized carbons (Fsp3) is 0.750. The second-order valence-corrected chi connectivity index (χ2v) is 2.80. The predicted molar refractivity (Wildman–Crippen MR) is 45.7 cm³/mol. The van der Waals surface area contributed by atoms with Crippen molar-refractivity contribution in [2.24, 2.45) is 0 Å². The summed E-state index contributed by atoms with van der Waals surface area (Å²) >= 11 is 0. The van der Waals surface area contributed by atoms with Gasteiger partial charge in [0.05, 0.1) is 0 Å². The topological polar surface area (TPSA) is 6.48 Å². The highest BCUT2D eigenvalue weighted by atomic mass is 15.6. The standard InChI is InChI=1S/C8H18N2/c1-6-8(2)7-10(5)9(3)4/h6H,7H2,1-5H3. The summed E-state index contributed by atoms with van der Waals surface area (Å²) in [5.41, 5.74) is 1.40. The van der Waals surface area contributed by atoms with E-state index in [1.54, 1.807) is 0 Å². The fourth-order valence-electron chi connectivity index (χ4n) is 0.594. The Morgan fingerprint density at radius 1 is 1.30 bits per heavy atom. The molecule has 0 heterocycles. The van der Waals surface area contributed by atoms with Crippen molar-refractivity contribution in [3.63, 3.8) is 0 Å². The van der Waals surface area contributed by atoms with Crippen molar-refractivity contribution in [1.29, 1.82) is 0 Å². The van der Waals surface area contributed by atoms with Gasteiger partial charge in [0, 0.05) is 27.7 Å². The van der Waals surface area contributed by atoms with Crippen LogP contribution in [0.3, 0.4) is 0 Å². The highest BCUT2D eigenvalue weighted by molar-refractivity contribution is 4.97. The molecule has 0 rings (SSSR count). The average molecular weight is 142 g/mol. The van der Waals surface area contributed by atoms with Crippen LogP contribution in [0.15, 0.2) is 11.6 Å². The number of hydrogen-bond acceptors (Lipinski definition) is 2. The molecule has 0 radical (unpaired) electrons. The van der Waals surface area contributed by atoms with Crippen LogP contribution < -0.4 is 0 Å². The first kappa shape index (κ1) is 9.66. The first-order chi connectivity index (χ1) is 4.57. The summed E-state index contributed by atoms with van der Waals surface area (Å²) < 4.78 is 0. The van der Waals surface area contributed by atoms with E-state index in [1.165, 1.54) is 5.57 Å². The van der Waals surface area contributed by atoms with Crippen LogP contribution in [0.25, 0.3) is 0 Å². The lowest BCUT2D eigenvalue weighted by Crippen LogP contribution is -2.34. The second-order valence-electron chi connectivity index (χ2n) is 2.80. The second kappa shape index (κ2) is 4.47. The van der Waals surface area contributed by atoms with Gasteiger partial charge in [-0.15, -0.1) is 0 Å². The molecule has 0 aliphatic heterocycles. The zero-order valence-corrected chi connectivity index (χ0v) is 7.68. The molecular weight excluding hydrogens is 124 g/mol. The van der Waals surface area contributed by atoms with Crippen LogP contribution in [0.5, 0.6) is 0 Å². The third-order valence-corrected chi connectivity index (χ3v) is 1.65. The molecule has 0 fully saturated rings. The first-order valence-corrected chi connectivity index (χ1v) is 3.58. The van der Waals surface area contributed by atoms with Crippen LogP contribution in [0.4, 0.5) is 0 Å². The van der Waals surface area contributed by atoms with Crippen molar-refractivity contribution in [3.05, 3.63) is 11.6 Å². The Labute approximate surface area is 64.1 Å². The van der Waals surface area contributed by atoms with Crippen LogP contribution in [0.1, 0.15) is 13.8 Å². The molecule has 0 aliphatic rings.